The Bertz CT molecular complexity index is 422. The summed E-state index contributed by atoms with van der Waals surface area (Å²) in [5.41, 5.74) is 0.633. The largest absolute Gasteiger partial charge is 0.493 e. The normalized spacial score (nSPS) is 18.7. The van der Waals surface area contributed by atoms with E-state index in [1.54, 1.807) is 25.3 Å². The van der Waals surface area contributed by atoms with Gasteiger partial charge < -0.3 is 14.2 Å². The van der Waals surface area contributed by atoms with Crippen molar-refractivity contribution in [3.8, 4) is 11.5 Å². The second-order valence-electron chi connectivity index (χ2n) is 4.46. The molecule has 18 heavy (non-hydrogen) atoms. The van der Waals surface area contributed by atoms with Crippen LogP contribution < -0.4 is 9.47 Å². The number of ether oxygens (including phenoxy) is 3. The molecule has 1 heterocycles. The van der Waals surface area contributed by atoms with E-state index in [9.17, 15) is 4.79 Å². The second kappa shape index (κ2) is 5.87. The molecule has 0 aliphatic carbocycles. The van der Waals surface area contributed by atoms with Crippen molar-refractivity contribution in [2.24, 2.45) is 5.92 Å². The summed E-state index contributed by atoms with van der Waals surface area (Å²) in [7, 11) is 1.59. The van der Waals surface area contributed by atoms with E-state index in [-0.39, 0.29) is 5.78 Å². The van der Waals surface area contributed by atoms with Crippen molar-refractivity contribution in [1.82, 2.24) is 0 Å². The van der Waals surface area contributed by atoms with E-state index in [0.717, 1.165) is 19.6 Å². The average Bonchev–Trinajstić information content (AvgIpc) is 2.89. The maximum absolute atomic E-state index is 11.3. The molecule has 0 saturated carbocycles. The predicted molar refractivity (Wildman–Crippen MR) is 67.4 cm³/mol. The maximum Gasteiger partial charge on any atom is 0.161 e. The molecule has 0 N–H and O–H groups in total. The predicted octanol–water partition coefficient (Wildman–Crippen LogP) is 2.31. The lowest BCUT2D eigenvalue weighted by molar-refractivity contribution is 0.101. The monoisotopic (exact) mass is 250 g/mol. The molecule has 1 aliphatic heterocycles. The number of methoxy groups -OCH3 is 1. The van der Waals surface area contributed by atoms with E-state index < -0.39 is 0 Å². The highest BCUT2D eigenvalue weighted by Gasteiger charge is 2.17. The van der Waals surface area contributed by atoms with Gasteiger partial charge in [0.05, 0.1) is 20.3 Å². The molecule has 2 rings (SSSR count). The van der Waals surface area contributed by atoms with Gasteiger partial charge in [0, 0.05) is 18.1 Å². The number of hydrogen-bond donors (Lipinski definition) is 0. The molecule has 4 nitrogen and oxygen atoms in total. The van der Waals surface area contributed by atoms with Crippen molar-refractivity contribution >= 4 is 5.78 Å². The molecule has 0 radical (unpaired) electrons. The van der Waals surface area contributed by atoms with E-state index in [0.29, 0.717) is 29.6 Å². The number of carbonyl (C=O) groups excluding carboxylic acids is 1. The topological polar surface area (TPSA) is 44.8 Å². The van der Waals surface area contributed by atoms with E-state index in [4.69, 9.17) is 14.2 Å². The molecule has 1 aliphatic rings. The summed E-state index contributed by atoms with van der Waals surface area (Å²) in [5.74, 6) is 1.72. The first-order valence-corrected chi connectivity index (χ1v) is 6.10. The number of hydrogen-bond acceptors (Lipinski definition) is 4. The van der Waals surface area contributed by atoms with Crippen LogP contribution in [0.4, 0.5) is 0 Å². The van der Waals surface area contributed by atoms with Gasteiger partial charge in [-0.25, -0.2) is 0 Å². The van der Waals surface area contributed by atoms with Crippen LogP contribution in [0.2, 0.25) is 0 Å². The number of benzene rings is 1. The molecule has 1 saturated heterocycles. The van der Waals surface area contributed by atoms with Gasteiger partial charge in [0.1, 0.15) is 0 Å². The van der Waals surface area contributed by atoms with Gasteiger partial charge in [0.15, 0.2) is 17.3 Å². The van der Waals surface area contributed by atoms with Gasteiger partial charge in [-0.15, -0.1) is 0 Å². The third-order valence-electron chi connectivity index (χ3n) is 3.07. The zero-order valence-corrected chi connectivity index (χ0v) is 10.8. The van der Waals surface area contributed by atoms with Gasteiger partial charge in [0.2, 0.25) is 0 Å². The summed E-state index contributed by atoms with van der Waals surface area (Å²) in [6, 6.07) is 5.24. The van der Waals surface area contributed by atoms with Crippen molar-refractivity contribution in [1.29, 1.82) is 0 Å². The summed E-state index contributed by atoms with van der Waals surface area (Å²) in [6.07, 6.45) is 1.02. The minimum atomic E-state index is 0.0201. The van der Waals surface area contributed by atoms with Crippen molar-refractivity contribution in [2.45, 2.75) is 13.3 Å². The molecule has 1 aromatic carbocycles. The molecular formula is C14H18O4. The Morgan fingerprint density at radius 3 is 2.89 bits per heavy atom. The molecule has 1 aromatic rings. The van der Waals surface area contributed by atoms with Crippen molar-refractivity contribution < 1.29 is 19.0 Å². The van der Waals surface area contributed by atoms with Crippen LogP contribution in [0.15, 0.2) is 18.2 Å². The third kappa shape index (κ3) is 3.01. The number of ketones is 1. The van der Waals surface area contributed by atoms with Crippen LogP contribution in [-0.2, 0) is 4.74 Å². The minimum Gasteiger partial charge on any atom is -0.493 e. The fourth-order valence-corrected chi connectivity index (χ4v) is 1.93. The molecule has 0 spiro atoms. The Morgan fingerprint density at radius 1 is 1.44 bits per heavy atom. The van der Waals surface area contributed by atoms with Crippen LogP contribution in [0.25, 0.3) is 0 Å². The van der Waals surface area contributed by atoms with E-state index in [1.165, 1.54) is 6.92 Å². The highest BCUT2D eigenvalue weighted by atomic mass is 16.5. The van der Waals surface area contributed by atoms with E-state index in [2.05, 4.69) is 0 Å². The van der Waals surface area contributed by atoms with Crippen LogP contribution in [0, 0.1) is 5.92 Å². The fourth-order valence-electron chi connectivity index (χ4n) is 1.93. The van der Waals surface area contributed by atoms with E-state index in [1.807, 2.05) is 0 Å². The average molecular weight is 250 g/mol. The SMILES string of the molecule is COc1ccc(C(C)=O)cc1OCC1CCOC1. The van der Waals surface area contributed by atoms with Gasteiger partial charge in [-0.3, -0.25) is 4.79 Å². The molecule has 4 heteroatoms. The Kier molecular flexibility index (Phi) is 4.20. The second-order valence-corrected chi connectivity index (χ2v) is 4.46. The first-order chi connectivity index (χ1) is 8.70. The highest BCUT2D eigenvalue weighted by Crippen LogP contribution is 2.29. The molecular weight excluding hydrogens is 232 g/mol. The molecule has 98 valence electrons. The lowest BCUT2D eigenvalue weighted by atomic mass is 10.1. The summed E-state index contributed by atoms with van der Waals surface area (Å²) >= 11 is 0. The smallest absolute Gasteiger partial charge is 0.161 e. The lowest BCUT2D eigenvalue weighted by Gasteiger charge is -2.14. The van der Waals surface area contributed by atoms with Crippen molar-refractivity contribution in [3.63, 3.8) is 0 Å². The molecule has 0 amide bonds. The van der Waals surface area contributed by atoms with E-state index >= 15 is 0 Å². The quantitative estimate of drug-likeness (QED) is 0.752. The summed E-state index contributed by atoms with van der Waals surface area (Å²) in [5, 5.41) is 0. The Hall–Kier alpha value is -1.55. The highest BCUT2D eigenvalue weighted by molar-refractivity contribution is 5.94. The molecule has 0 aromatic heterocycles. The zero-order valence-electron chi connectivity index (χ0n) is 10.8. The van der Waals surface area contributed by atoms with Gasteiger partial charge in [-0.1, -0.05) is 0 Å². The first-order valence-electron chi connectivity index (χ1n) is 6.10. The Labute approximate surface area is 107 Å². The van der Waals surface area contributed by atoms with Gasteiger partial charge in [0.25, 0.3) is 0 Å². The number of rotatable bonds is 5. The van der Waals surface area contributed by atoms with Gasteiger partial charge >= 0.3 is 0 Å². The van der Waals surface area contributed by atoms with Gasteiger partial charge in [-0.05, 0) is 31.5 Å². The molecule has 0 bridgehead atoms. The molecule has 1 unspecified atom stereocenters. The van der Waals surface area contributed by atoms with Crippen LogP contribution in [-0.4, -0.2) is 32.7 Å². The van der Waals surface area contributed by atoms with Crippen molar-refractivity contribution in [3.05, 3.63) is 23.8 Å². The van der Waals surface area contributed by atoms with Crippen LogP contribution in [0.3, 0.4) is 0 Å². The standard InChI is InChI=1S/C14H18O4/c1-10(15)12-3-4-13(16-2)14(7-12)18-9-11-5-6-17-8-11/h3-4,7,11H,5-6,8-9H2,1-2H3. The Morgan fingerprint density at radius 2 is 2.28 bits per heavy atom. The number of carbonyl (C=O) groups is 1. The molecule has 1 fully saturated rings. The van der Waals surface area contributed by atoms with Crippen LogP contribution >= 0.6 is 0 Å². The first kappa shape index (κ1) is 12.9. The number of Topliss-reactive ketones (excluding diaryl/α,β-unsaturated/α-hetero) is 1. The summed E-state index contributed by atoms with van der Waals surface area (Å²) < 4.78 is 16.3. The van der Waals surface area contributed by atoms with Crippen LogP contribution in [0.5, 0.6) is 11.5 Å². The fraction of sp³-hybridized carbons (Fsp3) is 0.500. The summed E-state index contributed by atoms with van der Waals surface area (Å²) in [4.78, 5) is 11.3. The van der Waals surface area contributed by atoms with Crippen molar-refractivity contribution in [2.75, 3.05) is 26.9 Å². The maximum atomic E-state index is 11.3. The minimum absolute atomic E-state index is 0.0201. The lowest BCUT2D eigenvalue weighted by Crippen LogP contribution is -2.12. The summed E-state index contributed by atoms with van der Waals surface area (Å²) in [6.45, 7) is 3.68. The zero-order chi connectivity index (χ0) is 13.0. The Balaban J connectivity index is 2.08. The van der Waals surface area contributed by atoms with Crippen LogP contribution in [0.1, 0.15) is 23.7 Å². The third-order valence-corrected chi connectivity index (χ3v) is 3.07. The van der Waals surface area contributed by atoms with Gasteiger partial charge in [-0.2, -0.15) is 0 Å². The molecule has 1 atom stereocenters.